The Kier molecular flexibility index (Phi) is 6.02. The first-order chi connectivity index (χ1) is 10.1. The maximum atomic E-state index is 4.69. The van der Waals surface area contributed by atoms with E-state index in [0.29, 0.717) is 6.04 Å². The van der Waals surface area contributed by atoms with Crippen molar-refractivity contribution in [3.63, 3.8) is 0 Å². The van der Waals surface area contributed by atoms with Crippen LogP contribution in [0.5, 0.6) is 0 Å². The van der Waals surface area contributed by atoms with Crippen LogP contribution in [0.25, 0.3) is 0 Å². The van der Waals surface area contributed by atoms with Gasteiger partial charge in [-0.25, -0.2) is 0 Å². The van der Waals surface area contributed by atoms with E-state index in [2.05, 4.69) is 58.8 Å². The quantitative estimate of drug-likeness (QED) is 0.785. The standard InChI is InChI=1S/C16H24BrN3S/c1-5-11-8-9-15(21-11)13(18-4)10-14-16(17)12(6-2)19-20(14)7-3/h8-9,13,18H,5-7,10H2,1-4H3. The largest absolute Gasteiger partial charge is 0.312 e. The number of hydrogen-bond acceptors (Lipinski definition) is 3. The lowest BCUT2D eigenvalue weighted by atomic mass is 10.1. The zero-order valence-electron chi connectivity index (χ0n) is 13.2. The Balaban J connectivity index is 2.27. The lowest BCUT2D eigenvalue weighted by Gasteiger charge is -2.16. The Bertz CT molecular complexity index is 588. The van der Waals surface area contributed by atoms with Crippen LogP contribution in [0.2, 0.25) is 0 Å². The van der Waals surface area contributed by atoms with Crippen LogP contribution in [0.1, 0.15) is 48.0 Å². The van der Waals surface area contributed by atoms with Gasteiger partial charge in [-0.3, -0.25) is 4.68 Å². The number of aromatic nitrogens is 2. The van der Waals surface area contributed by atoms with Gasteiger partial charge in [-0.2, -0.15) is 5.10 Å². The van der Waals surface area contributed by atoms with Crippen molar-refractivity contribution in [1.29, 1.82) is 0 Å². The molecule has 0 aromatic carbocycles. The Labute approximate surface area is 139 Å². The number of hydrogen-bond donors (Lipinski definition) is 1. The second-order valence-corrected chi connectivity index (χ2v) is 7.07. The highest BCUT2D eigenvalue weighted by atomic mass is 79.9. The van der Waals surface area contributed by atoms with Crippen molar-refractivity contribution in [3.05, 3.63) is 37.7 Å². The first kappa shape index (κ1) is 16.7. The fourth-order valence-corrected chi connectivity index (χ4v) is 4.31. The highest BCUT2D eigenvalue weighted by molar-refractivity contribution is 9.10. The van der Waals surface area contributed by atoms with Crippen LogP contribution < -0.4 is 5.32 Å². The van der Waals surface area contributed by atoms with Gasteiger partial charge in [0.15, 0.2) is 0 Å². The lowest BCUT2D eigenvalue weighted by Crippen LogP contribution is -2.19. The molecule has 116 valence electrons. The average molecular weight is 370 g/mol. The van der Waals surface area contributed by atoms with E-state index in [0.717, 1.165) is 31.5 Å². The van der Waals surface area contributed by atoms with Gasteiger partial charge in [-0.15, -0.1) is 11.3 Å². The van der Waals surface area contributed by atoms with Gasteiger partial charge in [0.05, 0.1) is 15.9 Å². The summed E-state index contributed by atoms with van der Waals surface area (Å²) in [5.41, 5.74) is 2.45. The summed E-state index contributed by atoms with van der Waals surface area (Å²) in [4.78, 5) is 2.85. The molecule has 0 aliphatic rings. The number of nitrogens with one attached hydrogen (secondary N) is 1. The second kappa shape index (κ2) is 7.56. The van der Waals surface area contributed by atoms with Crippen molar-refractivity contribution in [3.8, 4) is 0 Å². The maximum absolute atomic E-state index is 4.69. The van der Waals surface area contributed by atoms with E-state index in [1.807, 2.05) is 18.4 Å². The Morgan fingerprint density at radius 1 is 1.29 bits per heavy atom. The molecule has 0 radical (unpaired) electrons. The van der Waals surface area contributed by atoms with Crippen LogP contribution in [0, 0.1) is 0 Å². The van der Waals surface area contributed by atoms with Gasteiger partial charge < -0.3 is 5.32 Å². The predicted octanol–water partition coefficient (Wildman–Crippen LogP) is 4.36. The van der Waals surface area contributed by atoms with Gasteiger partial charge in [-0.1, -0.05) is 13.8 Å². The molecule has 0 bridgehead atoms. The Hall–Kier alpha value is -0.650. The number of halogens is 1. The molecule has 3 nitrogen and oxygen atoms in total. The summed E-state index contributed by atoms with van der Waals surface area (Å²) in [5, 5.41) is 8.15. The fourth-order valence-electron chi connectivity index (χ4n) is 2.52. The molecule has 5 heteroatoms. The van der Waals surface area contributed by atoms with E-state index in [4.69, 9.17) is 5.10 Å². The van der Waals surface area contributed by atoms with E-state index >= 15 is 0 Å². The van der Waals surface area contributed by atoms with Gasteiger partial charge in [0.1, 0.15) is 0 Å². The van der Waals surface area contributed by atoms with Crippen LogP contribution in [0.15, 0.2) is 16.6 Å². The minimum atomic E-state index is 0.346. The molecule has 2 aromatic heterocycles. The topological polar surface area (TPSA) is 29.9 Å². The summed E-state index contributed by atoms with van der Waals surface area (Å²) in [6.45, 7) is 7.42. The molecule has 1 atom stereocenters. The maximum Gasteiger partial charge on any atom is 0.0766 e. The average Bonchev–Trinajstić information content (AvgIpc) is 3.09. The molecular weight excluding hydrogens is 346 g/mol. The lowest BCUT2D eigenvalue weighted by molar-refractivity contribution is 0.545. The third-order valence-electron chi connectivity index (χ3n) is 3.81. The third kappa shape index (κ3) is 3.58. The van der Waals surface area contributed by atoms with Gasteiger partial charge in [0, 0.05) is 28.8 Å². The molecule has 0 saturated heterocycles. The van der Waals surface area contributed by atoms with Crippen LogP contribution in [0.4, 0.5) is 0 Å². The first-order valence-corrected chi connectivity index (χ1v) is 9.25. The van der Waals surface area contributed by atoms with E-state index in [1.165, 1.54) is 19.9 Å². The highest BCUT2D eigenvalue weighted by Crippen LogP contribution is 2.30. The van der Waals surface area contributed by atoms with Crippen molar-refractivity contribution in [2.75, 3.05) is 7.05 Å². The van der Waals surface area contributed by atoms with Crippen LogP contribution in [0.3, 0.4) is 0 Å². The second-order valence-electron chi connectivity index (χ2n) is 5.08. The summed E-state index contributed by atoms with van der Waals surface area (Å²) in [6, 6.07) is 4.85. The minimum Gasteiger partial charge on any atom is -0.312 e. The van der Waals surface area contributed by atoms with Crippen molar-refractivity contribution < 1.29 is 0 Å². The van der Waals surface area contributed by atoms with Gasteiger partial charge in [0.25, 0.3) is 0 Å². The molecule has 0 fully saturated rings. The molecule has 0 aliphatic carbocycles. The fraction of sp³-hybridized carbons (Fsp3) is 0.562. The zero-order valence-corrected chi connectivity index (χ0v) is 15.6. The van der Waals surface area contributed by atoms with E-state index in [1.54, 1.807) is 0 Å². The van der Waals surface area contributed by atoms with Crippen molar-refractivity contribution in [1.82, 2.24) is 15.1 Å². The summed E-state index contributed by atoms with van der Waals surface area (Å²) in [6.07, 6.45) is 3.03. The molecule has 1 unspecified atom stereocenters. The van der Waals surface area contributed by atoms with Crippen LogP contribution in [-0.2, 0) is 25.8 Å². The monoisotopic (exact) mass is 369 g/mol. The number of rotatable bonds is 7. The van der Waals surface area contributed by atoms with Crippen LogP contribution >= 0.6 is 27.3 Å². The number of thiophene rings is 1. The predicted molar refractivity (Wildman–Crippen MR) is 94.2 cm³/mol. The highest BCUT2D eigenvalue weighted by Gasteiger charge is 2.19. The molecular formula is C16H24BrN3S. The number of aryl methyl sites for hydroxylation is 3. The molecule has 2 heterocycles. The molecule has 0 saturated carbocycles. The molecule has 2 aromatic rings. The third-order valence-corrected chi connectivity index (χ3v) is 6.07. The van der Waals surface area contributed by atoms with E-state index in [9.17, 15) is 0 Å². The molecule has 1 N–H and O–H groups in total. The van der Waals surface area contributed by atoms with Gasteiger partial charge in [0.2, 0.25) is 0 Å². The molecule has 21 heavy (non-hydrogen) atoms. The smallest absolute Gasteiger partial charge is 0.0766 e. The van der Waals surface area contributed by atoms with Crippen LogP contribution in [-0.4, -0.2) is 16.8 Å². The first-order valence-electron chi connectivity index (χ1n) is 7.64. The van der Waals surface area contributed by atoms with Crippen molar-refractivity contribution >= 4 is 27.3 Å². The molecule has 2 rings (SSSR count). The number of nitrogens with zero attached hydrogens (tertiary/aromatic N) is 2. The Morgan fingerprint density at radius 2 is 2.05 bits per heavy atom. The molecule has 0 amide bonds. The minimum absolute atomic E-state index is 0.346. The summed E-state index contributed by atoms with van der Waals surface area (Å²) in [7, 11) is 2.04. The summed E-state index contributed by atoms with van der Waals surface area (Å²) < 4.78 is 3.31. The van der Waals surface area contributed by atoms with Crippen molar-refractivity contribution in [2.24, 2.45) is 0 Å². The molecule has 0 spiro atoms. The van der Waals surface area contributed by atoms with E-state index < -0.39 is 0 Å². The van der Waals surface area contributed by atoms with Crippen molar-refractivity contribution in [2.45, 2.75) is 52.6 Å². The van der Waals surface area contributed by atoms with Gasteiger partial charge in [-0.05, 0) is 54.9 Å². The SMILES string of the molecule is CCc1ccc(C(Cc2c(Br)c(CC)nn2CC)NC)s1. The van der Waals surface area contributed by atoms with E-state index in [-0.39, 0.29) is 0 Å². The summed E-state index contributed by atoms with van der Waals surface area (Å²) in [5.74, 6) is 0. The number of likely N-dealkylation sites (N-methyl/N-ethyl adjacent to an activating group) is 1. The normalized spacial score (nSPS) is 12.8. The summed E-state index contributed by atoms with van der Waals surface area (Å²) >= 11 is 5.65. The van der Waals surface area contributed by atoms with Gasteiger partial charge >= 0.3 is 0 Å². The molecule has 0 aliphatic heterocycles. The Morgan fingerprint density at radius 3 is 2.57 bits per heavy atom. The zero-order chi connectivity index (χ0) is 15.4.